The predicted molar refractivity (Wildman–Crippen MR) is 125 cm³/mol. The summed E-state index contributed by atoms with van der Waals surface area (Å²) in [5.41, 5.74) is 4.15. The number of fused-ring (bicyclic) bond motifs is 1. The van der Waals surface area contributed by atoms with Crippen molar-refractivity contribution in [3.8, 4) is 0 Å². The number of carbonyl (C=O) groups is 2. The van der Waals surface area contributed by atoms with Gasteiger partial charge in [-0.15, -0.1) is 0 Å². The average molecular weight is 447 g/mol. The number of para-hydroxylation sites is 1. The predicted octanol–water partition coefficient (Wildman–Crippen LogP) is 5.26. The van der Waals surface area contributed by atoms with Gasteiger partial charge in [0, 0.05) is 5.02 Å². The van der Waals surface area contributed by atoms with Crippen LogP contribution in [-0.4, -0.2) is 17.9 Å². The first kappa shape index (κ1) is 20.7. The summed E-state index contributed by atoms with van der Waals surface area (Å²) in [7, 11) is 0. The minimum Gasteiger partial charge on any atom is -0.273 e. The summed E-state index contributed by atoms with van der Waals surface area (Å²) in [6, 6.07) is 22.6. The molecule has 2 aliphatic heterocycles. The first-order valence-electron chi connectivity index (χ1n) is 10.7. The smallest absolute Gasteiger partial charge is 0.266 e. The van der Waals surface area contributed by atoms with Crippen LogP contribution in [0.5, 0.6) is 0 Å². The van der Waals surface area contributed by atoms with Crippen LogP contribution in [-0.2, 0) is 20.8 Å². The van der Waals surface area contributed by atoms with E-state index in [0.717, 1.165) is 17.7 Å². The number of aryl methyl sites for hydroxylation is 1. The average Bonchev–Trinajstić information content (AvgIpc) is 3.33. The molecule has 0 saturated carbocycles. The van der Waals surface area contributed by atoms with Crippen LogP contribution < -0.4 is 9.96 Å². The molecule has 0 aliphatic carbocycles. The number of nitrogens with zero attached hydrogens (tertiary/aromatic N) is 2. The fourth-order valence-electron chi connectivity index (χ4n) is 4.58. The third-order valence-corrected chi connectivity index (χ3v) is 6.75. The van der Waals surface area contributed by atoms with E-state index < -0.39 is 18.1 Å². The topological polar surface area (TPSA) is 49.9 Å². The second kappa shape index (κ2) is 8.08. The highest BCUT2D eigenvalue weighted by Crippen LogP contribution is 2.48. The number of hydrogen-bond acceptors (Lipinski definition) is 4. The van der Waals surface area contributed by atoms with E-state index in [-0.39, 0.29) is 11.8 Å². The van der Waals surface area contributed by atoms with Gasteiger partial charge >= 0.3 is 0 Å². The van der Waals surface area contributed by atoms with E-state index in [1.807, 2.05) is 49.4 Å². The third kappa shape index (κ3) is 3.20. The second-order valence-electron chi connectivity index (χ2n) is 8.15. The van der Waals surface area contributed by atoms with Gasteiger partial charge in [0.1, 0.15) is 5.92 Å². The molecule has 2 heterocycles. The van der Waals surface area contributed by atoms with Gasteiger partial charge < -0.3 is 0 Å². The molecule has 0 spiro atoms. The largest absolute Gasteiger partial charge is 0.273 e. The zero-order chi connectivity index (χ0) is 22.4. The van der Waals surface area contributed by atoms with Gasteiger partial charge in [-0.3, -0.25) is 14.4 Å². The number of imide groups is 1. The minimum absolute atomic E-state index is 0.270. The van der Waals surface area contributed by atoms with Crippen molar-refractivity contribution in [2.45, 2.75) is 32.4 Å². The van der Waals surface area contributed by atoms with Crippen molar-refractivity contribution in [2.24, 2.45) is 5.92 Å². The molecule has 5 rings (SSSR count). The van der Waals surface area contributed by atoms with Crippen molar-refractivity contribution in [2.75, 3.05) is 9.96 Å². The van der Waals surface area contributed by atoms with Crippen molar-refractivity contribution in [1.29, 1.82) is 0 Å². The summed E-state index contributed by atoms with van der Waals surface area (Å²) in [5, 5.41) is 2.23. The van der Waals surface area contributed by atoms with Gasteiger partial charge in [0.2, 0.25) is 5.91 Å². The molecule has 6 heteroatoms. The maximum Gasteiger partial charge on any atom is 0.266 e. The highest BCUT2D eigenvalue weighted by Gasteiger charge is 2.60. The van der Waals surface area contributed by atoms with E-state index in [1.54, 1.807) is 23.3 Å². The van der Waals surface area contributed by atoms with Crippen molar-refractivity contribution >= 4 is 34.8 Å². The molecule has 0 bridgehead atoms. The van der Waals surface area contributed by atoms with Crippen molar-refractivity contribution in [3.63, 3.8) is 0 Å². The molecule has 5 nitrogen and oxygen atoms in total. The first-order valence-corrected chi connectivity index (χ1v) is 11.1. The van der Waals surface area contributed by atoms with E-state index in [4.69, 9.17) is 16.4 Å². The third-order valence-electron chi connectivity index (χ3n) is 6.34. The molecule has 3 aromatic carbocycles. The lowest BCUT2D eigenvalue weighted by Crippen LogP contribution is -2.37. The fourth-order valence-corrected chi connectivity index (χ4v) is 4.75. The zero-order valence-corrected chi connectivity index (χ0v) is 18.6. The van der Waals surface area contributed by atoms with Gasteiger partial charge in [-0.2, -0.15) is 0 Å². The molecular formula is C26H23ClN2O3. The lowest BCUT2D eigenvalue weighted by Gasteiger charge is -2.29. The van der Waals surface area contributed by atoms with E-state index in [0.29, 0.717) is 16.3 Å². The number of anilines is 2. The quantitative estimate of drug-likeness (QED) is 0.513. The number of benzene rings is 3. The molecule has 3 unspecified atom stereocenters. The molecule has 2 amide bonds. The van der Waals surface area contributed by atoms with Crippen molar-refractivity contribution < 1.29 is 14.4 Å². The number of hydrogen-bond donors (Lipinski definition) is 0. The Morgan fingerprint density at radius 1 is 0.906 bits per heavy atom. The lowest BCUT2D eigenvalue weighted by atomic mass is 9.90. The number of carbonyl (C=O) groups excluding carboxylic acids is 2. The monoisotopic (exact) mass is 446 g/mol. The number of amides is 2. The van der Waals surface area contributed by atoms with E-state index in [2.05, 4.69) is 19.1 Å². The SMILES string of the molecule is CCc1ccc(C2C3C(=O)N(c4cccc(Cl)c4C)C(=O)C3ON2c2ccccc2)cc1. The van der Waals surface area contributed by atoms with Crippen LogP contribution in [0.4, 0.5) is 11.4 Å². The fraction of sp³-hybridized carbons (Fsp3) is 0.231. The van der Waals surface area contributed by atoms with Crippen LogP contribution in [0.15, 0.2) is 72.8 Å². The van der Waals surface area contributed by atoms with Crippen LogP contribution >= 0.6 is 11.6 Å². The molecule has 0 N–H and O–H groups in total. The van der Waals surface area contributed by atoms with Gasteiger partial charge in [0.05, 0.1) is 17.4 Å². The Hall–Kier alpha value is -3.15. The Bertz CT molecular complexity index is 1180. The summed E-state index contributed by atoms with van der Waals surface area (Å²) in [5.74, 6) is -1.29. The van der Waals surface area contributed by atoms with Gasteiger partial charge in [-0.1, -0.05) is 67.1 Å². The highest BCUT2D eigenvalue weighted by molar-refractivity contribution is 6.32. The van der Waals surface area contributed by atoms with Crippen molar-refractivity contribution in [1.82, 2.24) is 0 Å². The molecule has 162 valence electrons. The van der Waals surface area contributed by atoms with Gasteiger partial charge in [-0.25, -0.2) is 9.96 Å². The van der Waals surface area contributed by atoms with Gasteiger partial charge in [0.25, 0.3) is 5.91 Å². The maximum atomic E-state index is 13.7. The summed E-state index contributed by atoms with van der Waals surface area (Å²) < 4.78 is 0. The van der Waals surface area contributed by atoms with E-state index in [9.17, 15) is 9.59 Å². The summed E-state index contributed by atoms with van der Waals surface area (Å²) >= 11 is 6.28. The minimum atomic E-state index is -0.892. The molecule has 3 aromatic rings. The second-order valence-corrected chi connectivity index (χ2v) is 8.56. The van der Waals surface area contributed by atoms with Crippen molar-refractivity contribution in [3.05, 3.63) is 94.5 Å². The highest BCUT2D eigenvalue weighted by atomic mass is 35.5. The number of halogens is 1. The summed E-state index contributed by atoms with van der Waals surface area (Å²) in [6.45, 7) is 3.91. The van der Waals surface area contributed by atoms with Crippen LogP contribution in [0, 0.1) is 12.8 Å². The Balaban J connectivity index is 1.59. The first-order chi connectivity index (χ1) is 15.5. The molecule has 32 heavy (non-hydrogen) atoms. The summed E-state index contributed by atoms with van der Waals surface area (Å²) in [4.78, 5) is 34.6. The Morgan fingerprint density at radius 3 is 2.31 bits per heavy atom. The summed E-state index contributed by atoms with van der Waals surface area (Å²) in [6.07, 6.45) is 0.0340. The van der Waals surface area contributed by atoms with Crippen LogP contribution in [0.2, 0.25) is 5.02 Å². The van der Waals surface area contributed by atoms with Gasteiger partial charge in [-0.05, 0) is 54.3 Å². The molecule has 0 aromatic heterocycles. The molecule has 3 atom stereocenters. The Kier molecular flexibility index (Phi) is 5.24. The van der Waals surface area contributed by atoms with Crippen LogP contribution in [0.25, 0.3) is 0 Å². The maximum absolute atomic E-state index is 13.7. The number of rotatable bonds is 4. The molecule has 2 aliphatic rings. The van der Waals surface area contributed by atoms with E-state index >= 15 is 0 Å². The standard InChI is InChI=1S/C26H23ClN2O3/c1-3-17-12-14-18(15-13-17)23-22-24(32-29(23)19-8-5-4-6-9-19)26(31)28(25(22)30)21-11-7-10-20(27)16(21)2/h4-15,22-24H,3H2,1-2H3. The molecular weight excluding hydrogens is 424 g/mol. The molecule has 0 radical (unpaired) electrons. The Morgan fingerprint density at radius 2 is 1.62 bits per heavy atom. The normalized spacial score (nSPS) is 22.5. The van der Waals surface area contributed by atoms with Crippen LogP contribution in [0.1, 0.15) is 29.7 Å². The van der Waals surface area contributed by atoms with Crippen LogP contribution in [0.3, 0.4) is 0 Å². The molecule has 2 saturated heterocycles. The zero-order valence-electron chi connectivity index (χ0n) is 17.9. The number of hydroxylamine groups is 1. The lowest BCUT2D eigenvalue weighted by molar-refractivity contribution is -0.126. The van der Waals surface area contributed by atoms with E-state index in [1.165, 1.54) is 10.5 Å². The van der Waals surface area contributed by atoms with Gasteiger partial charge in [0.15, 0.2) is 6.10 Å². The Labute approximate surface area is 192 Å². The molecule has 2 fully saturated rings.